The first-order chi connectivity index (χ1) is 15.3. The van der Waals surface area contributed by atoms with E-state index in [9.17, 15) is 14.4 Å². The van der Waals surface area contributed by atoms with Gasteiger partial charge in [-0.15, -0.1) is 0 Å². The van der Waals surface area contributed by atoms with Crippen LogP contribution in [0.3, 0.4) is 0 Å². The molecular weight excluding hydrogens is 408 g/mol. The quantitative estimate of drug-likeness (QED) is 0.564. The smallest absolute Gasteiger partial charge is 0.330 e. The molecule has 0 aliphatic carbocycles. The molecule has 168 valence electrons. The molecule has 0 unspecified atom stereocenters. The Bertz CT molecular complexity index is 1190. The number of nitrogens with two attached hydrogens (primary N) is 1. The van der Waals surface area contributed by atoms with Crippen LogP contribution in [0.1, 0.15) is 30.0 Å². The number of carbonyl (C=O) groups is 1. The fourth-order valence-electron chi connectivity index (χ4n) is 3.63. The molecule has 0 spiro atoms. The van der Waals surface area contributed by atoms with Crippen molar-refractivity contribution in [3.8, 4) is 5.75 Å². The zero-order chi connectivity index (χ0) is 23.3. The normalized spacial score (nSPS) is 10.7. The highest BCUT2D eigenvalue weighted by atomic mass is 16.5. The molecule has 1 amide bonds. The topological polar surface area (TPSA) is 110 Å². The molecule has 3 aromatic rings. The predicted molar refractivity (Wildman–Crippen MR) is 125 cm³/mol. The summed E-state index contributed by atoms with van der Waals surface area (Å²) in [6.07, 6.45) is 0.0531. The van der Waals surface area contributed by atoms with E-state index >= 15 is 0 Å². The van der Waals surface area contributed by atoms with Crippen LogP contribution in [0.25, 0.3) is 0 Å². The van der Waals surface area contributed by atoms with Crippen molar-refractivity contribution in [3.63, 3.8) is 0 Å². The van der Waals surface area contributed by atoms with Crippen molar-refractivity contribution >= 4 is 17.4 Å². The molecule has 8 nitrogen and oxygen atoms in total. The Kier molecular flexibility index (Phi) is 7.14. The van der Waals surface area contributed by atoms with Crippen molar-refractivity contribution in [2.75, 3.05) is 23.8 Å². The summed E-state index contributed by atoms with van der Waals surface area (Å²) in [5.41, 5.74) is 7.86. The van der Waals surface area contributed by atoms with Gasteiger partial charge in [0, 0.05) is 6.54 Å². The first kappa shape index (κ1) is 22.9. The summed E-state index contributed by atoms with van der Waals surface area (Å²) in [7, 11) is 0. The van der Waals surface area contributed by atoms with E-state index in [-0.39, 0.29) is 43.5 Å². The summed E-state index contributed by atoms with van der Waals surface area (Å²) in [4.78, 5) is 41.4. The Hall–Kier alpha value is -3.81. The second kappa shape index (κ2) is 10.00. The van der Waals surface area contributed by atoms with Crippen molar-refractivity contribution in [3.05, 3.63) is 86.1 Å². The molecule has 0 fully saturated rings. The van der Waals surface area contributed by atoms with Gasteiger partial charge in [0.25, 0.3) is 5.56 Å². The molecule has 0 radical (unpaired) electrons. The minimum absolute atomic E-state index is 0.0283. The van der Waals surface area contributed by atoms with Gasteiger partial charge >= 0.3 is 5.69 Å². The van der Waals surface area contributed by atoms with E-state index in [1.165, 1.54) is 9.47 Å². The first-order valence-corrected chi connectivity index (χ1v) is 10.5. The lowest BCUT2D eigenvalue weighted by Gasteiger charge is -2.23. The molecule has 0 saturated carbocycles. The summed E-state index contributed by atoms with van der Waals surface area (Å²) in [6, 6.07) is 15.1. The van der Waals surface area contributed by atoms with Gasteiger partial charge in [0.2, 0.25) is 5.91 Å². The number of aromatic nitrogens is 2. The number of benzene rings is 2. The first-order valence-electron chi connectivity index (χ1n) is 10.5. The van der Waals surface area contributed by atoms with Crippen molar-refractivity contribution < 1.29 is 9.53 Å². The van der Waals surface area contributed by atoms with Crippen molar-refractivity contribution in [1.82, 2.24) is 9.55 Å². The number of nitrogen functional groups attached to an aromatic ring is 1. The second-order valence-corrected chi connectivity index (χ2v) is 7.62. The van der Waals surface area contributed by atoms with Crippen LogP contribution in [-0.4, -0.2) is 28.6 Å². The number of H-pyrrole nitrogens is 1. The molecule has 0 saturated heterocycles. The van der Waals surface area contributed by atoms with Crippen LogP contribution >= 0.6 is 0 Å². The maximum Gasteiger partial charge on any atom is 0.330 e. The summed E-state index contributed by atoms with van der Waals surface area (Å²) < 4.78 is 6.99. The lowest BCUT2D eigenvalue weighted by Crippen LogP contribution is -2.41. The molecule has 32 heavy (non-hydrogen) atoms. The second-order valence-electron chi connectivity index (χ2n) is 7.62. The molecule has 1 heterocycles. The number of nitrogens with zero attached hydrogens (tertiary/aromatic N) is 2. The number of aryl methyl sites for hydroxylation is 2. The SMILES string of the molecule is CCN(C(=O)CCOc1cc(C)cc(C)c1)c1c(N)n(Cc2ccccc2)c(=O)[nH]c1=O. The van der Waals surface area contributed by atoms with E-state index in [0.29, 0.717) is 5.75 Å². The third-order valence-corrected chi connectivity index (χ3v) is 5.06. The molecular formula is C24H28N4O4. The van der Waals surface area contributed by atoms with Gasteiger partial charge in [-0.3, -0.25) is 19.1 Å². The number of amides is 1. The Morgan fingerprint density at radius 1 is 1.09 bits per heavy atom. The highest BCUT2D eigenvalue weighted by Gasteiger charge is 2.23. The number of ether oxygens (including phenoxy) is 1. The zero-order valence-corrected chi connectivity index (χ0v) is 18.6. The van der Waals surface area contributed by atoms with Crippen molar-refractivity contribution in [2.24, 2.45) is 0 Å². The highest BCUT2D eigenvalue weighted by molar-refractivity contribution is 5.95. The predicted octanol–water partition coefficient (Wildman–Crippen LogP) is 2.61. The molecule has 0 aliphatic heterocycles. The summed E-state index contributed by atoms with van der Waals surface area (Å²) >= 11 is 0. The number of hydrogen-bond acceptors (Lipinski definition) is 5. The maximum atomic E-state index is 12.9. The van der Waals surface area contributed by atoms with Gasteiger partial charge in [0.1, 0.15) is 11.6 Å². The lowest BCUT2D eigenvalue weighted by atomic mass is 10.1. The van der Waals surface area contributed by atoms with E-state index < -0.39 is 11.2 Å². The summed E-state index contributed by atoms with van der Waals surface area (Å²) in [5.74, 6) is 0.319. The van der Waals surface area contributed by atoms with Gasteiger partial charge in [-0.1, -0.05) is 36.4 Å². The molecule has 3 N–H and O–H groups in total. The monoisotopic (exact) mass is 436 g/mol. The summed E-state index contributed by atoms with van der Waals surface area (Å²) in [5, 5.41) is 0. The molecule has 1 aromatic heterocycles. The lowest BCUT2D eigenvalue weighted by molar-refractivity contribution is -0.119. The van der Waals surface area contributed by atoms with Crippen LogP contribution in [0.4, 0.5) is 11.5 Å². The minimum atomic E-state index is -0.692. The molecule has 0 atom stereocenters. The van der Waals surface area contributed by atoms with Gasteiger partial charge in [-0.2, -0.15) is 0 Å². The maximum absolute atomic E-state index is 12.9. The van der Waals surface area contributed by atoms with Crippen molar-refractivity contribution in [1.29, 1.82) is 0 Å². The Morgan fingerprint density at radius 3 is 2.38 bits per heavy atom. The molecule has 0 bridgehead atoms. The van der Waals surface area contributed by atoms with Crippen LogP contribution < -0.4 is 26.6 Å². The average molecular weight is 437 g/mol. The Balaban J connectivity index is 1.81. The van der Waals surface area contributed by atoms with E-state index in [2.05, 4.69) is 4.98 Å². The third-order valence-electron chi connectivity index (χ3n) is 5.06. The van der Waals surface area contributed by atoms with E-state index in [0.717, 1.165) is 16.7 Å². The largest absolute Gasteiger partial charge is 0.493 e. The van der Waals surface area contributed by atoms with Crippen LogP contribution in [0, 0.1) is 13.8 Å². The van der Waals surface area contributed by atoms with Gasteiger partial charge in [-0.05, 0) is 49.6 Å². The molecule has 0 aliphatic rings. The van der Waals surface area contributed by atoms with Gasteiger partial charge in [-0.25, -0.2) is 4.79 Å². The van der Waals surface area contributed by atoms with E-state index in [4.69, 9.17) is 10.5 Å². The Labute approximate surface area is 186 Å². The Morgan fingerprint density at radius 2 is 1.75 bits per heavy atom. The van der Waals surface area contributed by atoms with E-state index in [1.54, 1.807) is 6.92 Å². The van der Waals surface area contributed by atoms with Gasteiger partial charge in [0.15, 0.2) is 5.69 Å². The minimum Gasteiger partial charge on any atom is -0.493 e. The number of rotatable bonds is 8. The van der Waals surface area contributed by atoms with Crippen LogP contribution in [-0.2, 0) is 11.3 Å². The standard InChI is InChI=1S/C24H28N4O4/c1-4-27(20(29)10-11-32-19-13-16(2)12-17(3)14-19)21-22(25)28(24(31)26-23(21)30)15-18-8-6-5-7-9-18/h5-9,12-14H,4,10-11,15,25H2,1-3H3,(H,26,30,31). The van der Waals surface area contributed by atoms with Gasteiger partial charge < -0.3 is 15.4 Å². The highest BCUT2D eigenvalue weighted by Crippen LogP contribution is 2.20. The van der Waals surface area contributed by atoms with Crippen LogP contribution in [0.15, 0.2) is 58.1 Å². The third kappa shape index (κ3) is 5.26. The number of hydrogen-bond donors (Lipinski definition) is 2. The van der Waals surface area contributed by atoms with Crippen LogP contribution in [0.5, 0.6) is 5.75 Å². The number of nitrogens with one attached hydrogen (secondary N) is 1. The van der Waals surface area contributed by atoms with Gasteiger partial charge in [0.05, 0.1) is 19.6 Å². The average Bonchev–Trinajstić information content (AvgIpc) is 2.74. The number of aromatic amines is 1. The molecule has 3 rings (SSSR count). The summed E-state index contributed by atoms with van der Waals surface area (Å²) in [6.45, 7) is 6.25. The number of anilines is 2. The fraction of sp³-hybridized carbons (Fsp3) is 0.292. The fourth-order valence-corrected chi connectivity index (χ4v) is 3.63. The molecule has 2 aromatic carbocycles. The molecule has 8 heteroatoms. The number of carbonyl (C=O) groups excluding carboxylic acids is 1. The van der Waals surface area contributed by atoms with E-state index in [1.807, 2.05) is 62.4 Å². The zero-order valence-electron chi connectivity index (χ0n) is 18.6. The van der Waals surface area contributed by atoms with Crippen LogP contribution in [0.2, 0.25) is 0 Å². The van der Waals surface area contributed by atoms with Crippen molar-refractivity contribution in [2.45, 2.75) is 33.7 Å².